The zero-order chi connectivity index (χ0) is 20.8. The number of benzene rings is 2. The zero-order valence-electron chi connectivity index (χ0n) is 16.6. The number of hydrogen-bond acceptors (Lipinski definition) is 4. The number of amides is 1. The summed E-state index contributed by atoms with van der Waals surface area (Å²) in [5.74, 6) is 1.18. The maximum Gasteiger partial charge on any atom is 0.272 e. The summed E-state index contributed by atoms with van der Waals surface area (Å²) < 4.78 is 35.5. The standard InChI is InChI=1S/C22H26F2N2O3/c1-15(25-16(2)27)17-3-7-20(8-4-17)29-21-11-12-26(13-21)18-5-9-19(10-6-18)28-14-22(23)24/h3-10,15,21-22H,11-14H2,1-2H3,(H,25,27)/t15-,21?/m0/s1. The van der Waals surface area contributed by atoms with Gasteiger partial charge in [-0.2, -0.15) is 0 Å². The number of halogens is 2. The number of carbonyl (C=O) groups is 1. The smallest absolute Gasteiger partial charge is 0.272 e. The van der Waals surface area contributed by atoms with Gasteiger partial charge in [-0.3, -0.25) is 4.79 Å². The van der Waals surface area contributed by atoms with Crippen LogP contribution < -0.4 is 19.7 Å². The number of hydrogen-bond donors (Lipinski definition) is 1. The average Bonchev–Trinajstić information content (AvgIpc) is 3.15. The molecule has 1 amide bonds. The summed E-state index contributed by atoms with van der Waals surface area (Å²) in [6, 6.07) is 14.9. The minimum Gasteiger partial charge on any atom is -0.489 e. The SMILES string of the molecule is CC(=O)N[C@@H](C)c1ccc(OC2CCN(c3ccc(OCC(F)F)cc3)C2)cc1. The van der Waals surface area contributed by atoms with Crippen molar-refractivity contribution in [2.75, 3.05) is 24.6 Å². The lowest BCUT2D eigenvalue weighted by Crippen LogP contribution is -2.24. The highest BCUT2D eigenvalue weighted by Gasteiger charge is 2.24. The molecular formula is C22H26F2N2O3. The zero-order valence-corrected chi connectivity index (χ0v) is 16.6. The minimum absolute atomic E-state index is 0.0452. The van der Waals surface area contributed by atoms with Gasteiger partial charge in [0.15, 0.2) is 0 Å². The maximum atomic E-state index is 12.2. The molecule has 7 heteroatoms. The Kier molecular flexibility index (Phi) is 6.90. The Labute approximate surface area is 169 Å². The van der Waals surface area contributed by atoms with Gasteiger partial charge < -0.3 is 19.7 Å². The first kappa shape index (κ1) is 20.9. The molecule has 0 aliphatic carbocycles. The highest BCUT2D eigenvalue weighted by atomic mass is 19.3. The van der Waals surface area contributed by atoms with Crippen molar-refractivity contribution in [2.45, 2.75) is 38.8 Å². The summed E-state index contributed by atoms with van der Waals surface area (Å²) in [5, 5.41) is 2.86. The van der Waals surface area contributed by atoms with Gasteiger partial charge >= 0.3 is 0 Å². The molecular weight excluding hydrogens is 378 g/mol. The van der Waals surface area contributed by atoms with Gasteiger partial charge in [0.1, 0.15) is 24.2 Å². The molecule has 2 aromatic carbocycles. The molecule has 1 aliphatic rings. The number of carbonyl (C=O) groups excluding carboxylic acids is 1. The number of alkyl halides is 2. The molecule has 0 aromatic heterocycles. The summed E-state index contributed by atoms with van der Waals surface area (Å²) in [4.78, 5) is 13.4. The molecule has 3 rings (SSSR count). The molecule has 0 saturated carbocycles. The molecule has 1 heterocycles. The van der Waals surface area contributed by atoms with Crippen LogP contribution in [0.3, 0.4) is 0 Å². The van der Waals surface area contributed by atoms with E-state index in [1.807, 2.05) is 43.3 Å². The molecule has 1 unspecified atom stereocenters. The molecule has 156 valence electrons. The Morgan fingerprint density at radius 1 is 1.14 bits per heavy atom. The minimum atomic E-state index is -2.48. The quantitative estimate of drug-likeness (QED) is 0.717. The highest BCUT2D eigenvalue weighted by molar-refractivity contribution is 5.73. The third kappa shape index (κ3) is 6.07. The van der Waals surface area contributed by atoms with Crippen LogP contribution in [0.1, 0.15) is 31.9 Å². The lowest BCUT2D eigenvalue weighted by Gasteiger charge is -2.20. The van der Waals surface area contributed by atoms with E-state index < -0.39 is 13.0 Å². The van der Waals surface area contributed by atoms with Crippen molar-refractivity contribution < 1.29 is 23.0 Å². The first-order valence-electron chi connectivity index (χ1n) is 9.70. The summed E-state index contributed by atoms with van der Waals surface area (Å²) in [6.07, 6.45) is -1.51. The normalized spacial score (nSPS) is 17.3. The third-order valence-corrected chi connectivity index (χ3v) is 4.83. The van der Waals surface area contributed by atoms with Crippen LogP contribution in [-0.4, -0.2) is 38.1 Å². The van der Waals surface area contributed by atoms with Gasteiger partial charge in [0.2, 0.25) is 5.91 Å². The molecule has 0 spiro atoms. The van der Waals surface area contributed by atoms with E-state index in [-0.39, 0.29) is 18.1 Å². The van der Waals surface area contributed by atoms with Crippen LogP contribution in [0.15, 0.2) is 48.5 Å². The highest BCUT2D eigenvalue weighted by Crippen LogP contribution is 2.26. The summed E-state index contributed by atoms with van der Waals surface area (Å²) in [5.41, 5.74) is 2.04. The first-order valence-corrected chi connectivity index (χ1v) is 9.70. The number of nitrogens with zero attached hydrogens (tertiary/aromatic N) is 1. The Hall–Kier alpha value is -2.83. The fraction of sp³-hybridized carbons (Fsp3) is 0.409. The van der Waals surface area contributed by atoms with Gasteiger partial charge in [0.05, 0.1) is 12.6 Å². The van der Waals surface area contributed by atoms with Crippen molar-refractivity contribution >= 4 is 11.6 Å². The van der Waals surface area contributed by atoms with Gasteiger partial charge in [-0.15, -0.1) is 0 Å². The van der Waals surface area contributed by atoms with Crippen molar-refractivity contribution in [3.05, 3.63) is 54.1 Å². The number of rotatable bonds is 8. The lowest BCUT2D eigenvalue weighted by atomic mass is 10.1. The second kappa shape index (κ2) is 9.58. The van der Waals surface area contributed by atoms with Crippen molar-refractivity contribution in [3.63, 3.8) is 0 Å². The molecule has 2 aromatic rings. The molecule has 29 heavy (non-hydrogen) atoms. The number of ether oxygens (including phenoxy) is 2. The van der Waals surface area contributed by atoms with E-state index >= 15 is 0 Å². The van der Waals surface area contributed by atoms with Gasteiger partial charge in [-0.1, -0.05) is 12.1 Å². The Bertz CT molecular complexity index is 797. The Morgan fingerprint density at radius 2 is 1.79 bits per heavy atom. The number of nitrogens with one attached hydrogen (secondary N) is 1. The second-order valence-electron chi connectivity index (χ2n) is 7.16. The number of anilines is 1. The van der Waals surface area contributed by atoms with Crippen LogP contribution in [-0.2, 0) is 4.79 Å². The van der Waals surface area contributed by atoms with Gasteiger partial charge in [-0.05, 0) is 48.9 Å². The molecule has 1 fully saturated rings. The molecule has 1 N–H and O–H groups in total. The predicted molar refractivity (Wildman–Crippen MR) is 108 cm³/mol. The first-order chi connectivity index (χ1) is 13.9. The second-order valence-corrected chi connectivity index (χ2v) is 7.16. The molecule has 5 nitrogen and oxygen atoms in total. The van der Waals surface area contributed by atoms with Crippen LogP contribution in [0.5, 0.6) is 11.5 Å². The van der Waals surface area contributed by atoms with Crippen molar-refractivity contribution in [1.82, 2.24) is 5.32 Å². The topological polar surface area (TPSA) is 50.8 Å². The van der Waals surface area contributed by atoms with Crippen molar-refractivity contribution in [2.24, 2.45) is 0 Å². The fourth-order valence-electron chi connectivity index (χ4n) is 3.39. The largest absolute Gasteiger partial charge is 0.489 e. The molecule has 2 atom stereocenters. The van der Waals surface area contributed by atoms with Crippen LogP contribution in [0.2, 0.25) is 0 Å². The van der Waals surface area contributed by atoms with Crippen molar-refractivity contribution in [1.29, 1.82) is 0 Å². The summed E-state index contributed by atoms with van der Waals surface area (Å²) in [7, 11) is 0. The Balaban J connectivity index is 1.51. The van der Waals surface area contributed by atoms with Crippen molar-refractivity contribution in [3.8, 4) is 11.5 Å². The van der Waals surface area contributed by atoms with Gasteiger partial charge in [-0.25, -0.2) is 8.78 Å². The van der Waals surface area contributed by atoms with E-state index in [0.717, 1.165) is 36.5 Å². The van der Waals surface area contributed by atoms with E-state index in [2.05, 4.69) is 10.2 Å². The lowest BCUT2D eigenvalue weighted by molar-refractivity contribution is -0.119. The van der Waals surface area contributed by atoms with Crippen LogP contribution >= 0.6 is 0 Å². The van der Waals surface area contributed by atoms with E-state index in [1.165, 1.54) is 6.92 Å². The van der Waals surface area contributed by atoms with Gasteiger partial charge in [0.25, 0.3) is 6.43 Å². The average molecular weight is 404 g/mol. The van der Waals surface area contributed by atoms with Crippen LogP contribution in [0.4, 0.5) is 14.5 Å². The van der Waals surface area contributed by atoms with E-state index in [4.69, 9.17) is 9.47 Å². The van der Waals surface area contributed by atoms with Crippen LogP contribution in [0.25, 0.3) is 0 Å². The third-order valence-electron chi connectivity index (χ3n) is 4.83. The van der Waals surface area contributed by atoms with Gasteiger partial charge in [0, 0.05) is 25.6 Å². The maximum absolute atomic E-state index is 12.2. The molecule has 0 bridgehead atoms. The van der Waals surface area contributed by atoms with E-state index in [0.29, 0.717) is 5.75 Å². The van der Waals surface area contributed by atoms with E-state index in [9.17, 15) is 13.6 Å². The monoisotopic (exact) mass is 404 g/mol. The molecule has 0 radical (unpaired) electrons. The Morgan fingerprint density at radius 3 is 2.41 bits per heavy atom. The summed E-state index contributed by atoms with van der Waals surface area (Å²) in [6.45, 7) is 4.46. The van der Waals surface area contributed by atoms with E-state index in [1.54, 1.807) is 12.1 Å². The molecule has 1 aliphatic heterocycles. The van der Waals surface area contributed by atoms with Crippen LogP contribution in [0, 0.1) is 0 Å². The molecule has 1 saturated heterocycles. The fourth-order valence-corrected chi connectivity index (χ4v) is 3.39. The summed E-state index contributed by atoms with van der Waals surface area (Å²) >= 11 is 0. The predicted octanol–water partition coefficient (Wildman–Crippen LogP) is 4.19.